The summed E-state index contributed by atoms with van der Waals surface area (Å²) in [6.45, 7) is 7.15. The first kappa shape index (κ1) is 23.4. The van der Waals surface area contributed by atoms with Gasteiger partial charge in [0.15, 0.2) is 5.78 Å². The van der Waals surface area contributed by atoms with Crippen LogP contribution in [0.4, 0.5) is 10.5 Å². The second kappa shape index (κ2) is 11.3. The van der Waals surface area contributed by atoms with Gasteiger partial charge in [-0.25, -0.2) is 0 Å². The SMILES string of the molecule is [B]C(=O)OCc1ccc(NC(=O)[C@H](C)CC(=O)[C@@H](NC(=O)CC)C(C)C)cc1. The van der Waals surface area contributed by atoms with Crippen molar-refractivity contribution in [2.24, 2.45) is 11.8 Å². The van der Waals surface area contributed by atoms with Gasteiger partial charge in [0.05, 0.1) is 6.04 Å². The lowest BCUT2D eigenvalue weighted by atomic mass is 9.92. The predicted octanol–water partition coefficient (Wildman–Crippen LogP) is 2.58. The highest BCUT2D eigenvalue weighted by molar-refractivity contribution is 6.55. The third-order valence-electron chi connectivity index (χ3n) is 4.21. The van der Waals surface area contributed by atoms with Crippen molar-refractivity contribution in [3.8, 4) is 0 Å². The van der Waals surface area contributed by atoms with Crippen LogP contribution in [0.3, 0.4) is 0 Å². The number of benzene rings is 1. The number of anilines is 1. The molecular formula is C20H27BN2O5. The van der Waals surface area contributed by atoms with Crippen molar-refractivity contribution in [2.75, 3.05) is 5.32 Å². The Balaban J connectivity index is 2.62. The molecule has 1 aromatic carbocycles. The Morgan fingerprint density at radius 3 is 2.18 bits per heavy atom. The molecule has 150 valence electrons. The van der Waals surface area contributed by atoms with Crippen LogP contribution < -0.4 is 10.6 Å². The van der Waals surface area contributed by atoms with Gasteiger partial charge >= 0.3 is 0 Å². The van der Waals surface area contributed by atoms with E-state index in [2.05, 4.69) is 10.6 Å². The Morgan fingerprint density at radius 1 is 1.07 bits per heavy atom. The number of hydrogen-bond donors (Lipinski definition) is 2. The van der Waals surface area contributed by atoms with Gasteiger partial charge in [0.2, 0.25) is 25.5 Å². The lowest BCUT2D eigenvalue weighted by molar-refractivity contribution is -0.130. The summed E-state index contributed by atoms with van der Waals surface area (Å²) in [6, 6.07) is 6.13. The summed E-state index contributed by atoms with van der Waals surface area (Å²) >= 11 is 0. The Labute approximate surface area is 167 Å². The second-order valence-corrected chi connectivity index (χ2v) is 7.01. The molecule has 1 rings (SSSR count). The molecule has 1 aromatic rings. The van der Waals surface area contributed by atoms with E-state index in [0.717, 1.165) is 5.56 Å². The molecule has 0 aliphatic heterocycles. The molecule has 2 amide bonds. The summed E-state index contributed by atoms with van der Waals surface area (Å²) in [5.41, 5.74) is 1.29. The van der Waals surface area contributed by atoms with Crippen LogP contribution in [0.5, 0.6) is 0 Å². The van der Waals surface area contributed by atoms with Crippen LogP contribution in [0.2, 0.25) is 0 Å². The van der Waals surface area contributed by atoms with Crippen molar-refractivity contribution in [3.63, 3.8) is 0 Å². The van der Waals surface area contributed by atoms with Crippen LogP contribution in [0.25, 0.3) is 0 Å². The van der Waals surface area contributed by atoms with E-state index < -0.39 is 17.8 Å². The lowest BCUT2D eigenvalue weighted by Gasteiger charge is -2.22. The molecular weight excluding hydrogens is 359 g/mol. The summed E-state index contributed by atoms with van der Waals surface area (Å²) in [5.74, 6) is -2.12. The normalized spacial score (nSPS) is 12.8. The number of carbonyl (C=O) groups is 4. The maximum atomic E-state index is 12.5. The number of Topliss-reactive ketones (excluding diaryl/α,β-unsaturated/α-hetero) is 1. The van der Waals surface area contributed by atoms with E-state index in [-0.39, 0.29) is 36.5 Å². The summed E-state index contributed by atoms with van der Waals surface area (Å²) in [6.07, 6.45) is 0.330. The third-order valence-corrected chi connectivity index (χ3v) is 4.21. The minimum Gasteiger partial charge on any atom is -0.470 e. The molecule has 0 aliphatic rings. The molecule has 0 unspecified atom stereocenters. The summed E-state index contributed by atoms with van der Waals surface area (Å²) in [4.78, 5) is 47.1. The number of ketones is 1. The van der Waals surface area contributed by atoms with E-state index in [1.165, 1.54) is 0 Å². The molecule has 2 N–H and O–H groups in total. The molecule has 0 saturated heterocycles. The van der Waals surface area contributed by atoms with Gasteiger partial charge in [-0.3, -0.25) is 19.2 Å². The molecule has 0 heterocycles. The average Bonchev–Trinajstić information content (AvgIpc) is 2.64. The summed E-state index contributed by atoms with van der Waals surface area (Å²) in [5, 5.41) is 5.47. The first-order chi connectivity index (χ1) is 13.1. The molecule has 0 aliphatic carbocycles. The van der Waals surface area contributed by atoms with E-state index in [0.29, 0.717) is 12.1 Å². The minimum absolute atomic E-state index is 0.0310. The molecule has 2 radical (unpaired) electrons. The van der Waals surface area contributed by atoms with Gasteiger partial charge in [0.1, 0.15) is 6.61 Å². The van der Waals surface area contributed by atoms with Crippen molar-refractivity contribution in [3.05, 3.63) is 29.8 Å². The lowest BCUT2D eigenvalue weighted by Crippen LogP contribution is -2.45. The van der Waals surface area contributed by atoms with Crippen molar-refractivity contribution < 1.29 is 23.9 Å². The number of carbonyl (C=O) groups excluding carboxylic acids is 4. The smallest absolute Gasteiger partial charge is 0.236 e. The van der Waals surface area contributed by atoms with Crippen LogP contribution in [0.1, 0.15) is 46.1 Å². The van der Waals surface area contributed by atoms with E-state index in [1.807, 2.05) is 13.8 Å². The van der Waals surface area contributed by atoms with Gasteiger partial charge in [0, 0.05) is 24.4 Å². The van der Waals surface area contributed by atoms with Crippen LogP contribution in [-0.2, 0) is 25.7 Å². The van der Waals surface area contributed by atoms with Crippen molar-refractivity contribution in [1.82, 2.24) is 5.32 Å². The van der Waals surface area contributed by atoms with E-state index in [4.69, 9.17) is 12.6 Å². The second-order valence-electron chi connectivity index (χ2n) is 7.01. The van der Waals surface area contributed by atoms with E-state index >= 15 is 0 Å². The van der Waals surface area contributed by atoms with Gasteiger partial charge in [-0.15, -0.1) is 0 Å². The van der Waals surface area contributed by atoms with Crippen LogP contribution in [-0.4, -0.2) is 37.4 Å². The average molecular weight is 386 g/mol. The zero-order valence-electron chi connectivity index (χ0n) is 16.8. The number of nitrogens with one attached hydrogen (secondary N) is 2. The fourth-order valence-corrected chi connectivity index (χ4v) is 2.52. The first-order valence-corrected chi connectivity index (χ1v) is 9.28. The molecule has 28 heavy (non-hydrogen) atoms. The highest BCUT2D eigenvalue weighted by Crippen LogP contribution is 2.15. The largest absolute Gasteiger partial charge is 0.470 e. The number of rotatable bonds is 10. The van der Waals surface area contributed by atoms with Crippen LogP contribution in [0.15, 0.2) is 24.3 Å². The molecule has 0 bridgehead atoms. The van der Waals surface area contributed by atoms with Crippen molar-refractivity contribution >= 4 is 37.0 Å². The Hall–Kier alpha value is -2.64. The molecule has 0 aromatic heterocycles. The highest BCUT2D eigenvalue weighted by Gasteiger charge is 2.27. The fourth-order valence-electron chi connectivity index (χ4n) is 2.52. The van der Waals surface area contributed by atoms with Crippen LogP contribution >= 0.6 is 0 Å². The zero-order valence-corrected chi connectivity index (χ0v) is 16.8. The highest BCUT2D eigenvalue weighted by atomic mass is 16.5. The van der Waals surface area contributed by atoms with Gasteiger partial charge in [-0.05, 0) is 23.6 Å². The third kappa shape index (κ3) is 7.94. The minimum atomic E-state index is -0.856. The first-order valence-electron chi connectivity index (χ1n) is 9.28. The van der Waals surface area contributed by atoms with Gasteiger partial charge in [-0.1, -0.05) is 39.8 Å². The molecule has 0 fully saturated rings. The summed E-state index contributed by atoms with van der Waals surface area (Å²) < 4.78 is 4.69. The molecule has 8 heteroatoms. The van der Waals surface area contributed by atoms with E-state index in [9.17, 15) is 19.2 Å². The Morgan fingerprint density at radius 2 is 1.68 bits per heavy atom. The maximum absolute atomic E-state index is 12.5. The van der Waals surface area contributed by atoms with Crippen molar-refractivity contribution in [1.29, 1.82) is 0 Å². The molecule has 2 atom stereocenters. The predicted molar refractivity (Wildman–Crippen MR) is 107 cm³/mol. The number of ether oxygens (including phenoxy) is 1. The number of hydrogen-bond acceptors (Lipinski definition) is 5. The van der Waals surface area contributed by atoms with E-state index in [1.54, 1.807) is 38.1 Å². The maximum Gasteiger partial charge on any atom is 0.236 e. The Kier molecular flexibility index (Phi) is 9.41. The Bertz CT molecular complexity index is 703. The molecule has 7 nitrogen and oxygen atoms in total. The molecule has 0 saturated carbocycles. The van der Waals surface area contributed by atoms with Crippen LogP contribution in [0, 0.1) is 11.8 Å². The zero-order chi connectivity index (χ0) is 21.3. The van der Waals surface area contributed by atoms with Gasteiger partial charge < -0.3 is 15.4 Å². The standard InChI is InChI=1S/C20H27BN2O5/c1-5-17(25)23-18(12(2)3)16(24)10-13(4)19(26)22-15-8-6-14(7-9-15)11-28-20(21)27/h6-9,12-13,18H,5,10-11H2,1-4H3,(H,22,26)(H,23,25)/t13-,18+/m1/s1. The van der Waals surface area contributed by atoms with Gasteiger partial charge in [0.25, 0.3) is 0 Å². The topological polar surface area (TPSA) is 102 Å². The molecule has 0 spiro atoms. The van der Waals surface area contributed by atoms with Crippen molar-refractivity contribution in [2.45, 2.75) is 53.2 Å². The van der Waals surface area contributed by atoms with Gasteiger partial charge in [-0.2, -0.15) is 0 Å². The summed E-state index contributed by atoms with van der Waals surface area (Å²) in [7, 11) is 4.91. The monoisotopic (exact) mass is 386 g/mol. The quantitative estimate of drug-likeness (QED) is 0.602. The fraction of sp³-hybridized carbons (Fsp3) is 0.500. The number of amides is 2.